The highest BCUT2D eigenvalue weighted by molar-refractivity contribution is 7.21. The molecule has 3 N–H and O–H groups in total. The third kappa shape index (κ3) is 6.12. The molecule has 0 unspecified atom stereocenters. The molecule has 0 bridgehead atoms. The van der Waals surface area contributed by atoms with E-state index in [1.807, 2.05) is 18.7 Å². The third-order valence-electron chi connectivity index (χ3n) is 7.39. The lowest BCUT2D eigenvalue weighted by atomic mass is 9.83. The van der Waals surface area contributed by atoms with Crippen molar-refractivity contribution < 1.29 is 41.0 Å². The van der Waals surface area contributed by atoms with E-state index in [4.69, 9.17) is 0 Å². The number of carbonyl (C=O) groups excluding carboxylic acids is 1. The molecule has 2 heterocycles. The first-order valence-electron chi connectivity index (χ1n) is 13.7. The number of urea groups is 1. The summed E-state index contributed by atoms with van der Waals surface area (Å²) in [4.78, 5) is 19.3. The van der Waals surface area contributed by atoms with Gasteiger partial charge in [0.25, 0.3) is 0 Å². The van der Waals surface area contributed by atoms with Gasteiger partial charge in [-0.05, 0) is 72.3 Å². The number of benzene rings is 4. The maximum absolute atomic E-state index is 13.3. The molecule has 4 aromatic carbocycles. The third-order valence-corrected chi connectivity index (χ3v) is 8.46. The van der Waals surface area contributed by atoms with E-state index in [1.165, 1.54) is 35.6 Å². The molecule has 0 spiro atoms. The number of fused-ring (bicyclic) bond motifs is 2. The molecular weight excluding hydrogens is 634 g/mol. The van der Waals surface area contributed by atoms with Crippen LogP contribution >= 0.6 is 11.3 Å². The fourth-order valence-corrected chi connectivity index (χ4v) is 6.51. The maximum atomic E-state index is 13.3. The Morgan fingerprint density at radius 2 is 1.67 bits per heavy atom. The molecule has 14 heteroatoms. The van der Waals surface area contributed by atoms with Crippen molar-refractivity contribution in [2.24, 2.45) is 0 Å². The summed E-state index contributed by atoms with van der Waals surface area (Å²) < 4.78 is 81.8. The minimum absolute atomic E-state index is 0.0368. The van der Waals surface area contributed by atoms with Crippen molar-refractivity contribution in [3.05, 3.63) is 90.0 Å². The molecule has 6 rings (SSSR count). The van der Waals surface area contributed by atoms with Crippen LogP contribution in [0.2, 0.25) is 0 Å². The second-order valence-corrected chi connectivity index (χ2v) is 12.2. The number of carbonyl (C=O) groups is 1. The smallest absolute Gasteiger partial charge is 0.506 e. The Labute approximate surface area is 262 Å². The number of nitrogens with one attached hydrogen (secondary N) is 2. The number of aromatic hydroxyl groups is 1. The number of phenols is 1. The summed E-state index contributed by atoms with van der Waals surface area (Å²) in [5.74, 6) is -0.472. The van der Waals surface area contributed by atoms with E-state index >= 15 is 0 Å². The summed E-state index contributed by atoms with van der Waals surface area (Å²) in [6, 6.07) is 17.5. The van der Waals surface area contributed by atoms with Crippen LogP contribution in [0.4, 0.5) is 53.9 Å². The van der Waals surface area contributed by atoms with E-state index in [1.54, 1.807) is 30.3 Å². The van der Waals surface area contributed by atoms with E-state index < -0.39 is 35.3 Å². The molecule has 1 aliphatic heterocycles. The molecule has 238 valence electrons. The fourth-order valence-electron chi connectivity index (χ4n) is 5.53. The van der Waals surface area contributed by atoms with Crippen molar-refractivity contribution >= 4 is 50.3 Å². The molecule has 0 radical (unpaired) electrons. The topological polar surface area (TPSA) is 86.7 Å². The van der Waals surface area contributed by atoms with Crippen LogP contribution in [0.25, 0.3) is 20.8 Å². The van der Waals surface area contributed by atoms with Gasteiger partial charge in [-0.1, -0.05) is 26.0 Å². The zero-order valence-electron chi connectivity index (χ0n) is 24.0. The van der Waals surface area contributed by atoms with Crippen molar-refractivity contribution in [2.45, 2.75) is 31.8 Å². The van der Waals surface area contributed by atoms with Gasteiger partial charge < -0.3 is 25.4 Å². The van der Waals surface area contributed by atoms with Crippen LogP contribution in [-0.4, -0.2) is 29.0 Å². The number of anilines is 4. The second-order valence-electron chi connectivity index (χ2n) is 11.2. The molecule has 0 aliphatic carbocycles. The van der Waals surface area contributed by atoms with Gasteiger partial charge in [-0.25, -0.2) is 9.78 Å². The number of ether oxygens (including phenoxy) is 1. The van der Waals surface area contributed by atoms with Gasteiger partial charge in [0, 0.05) is 23.2 Å². The van der Waals surface area contributed by atoms with E-state index in [2.05, 4.69) is 20.4 Å². The zero-order chi connectivity index (χ0) is 33.0. The summed E-state index contributed by atoms with van der Waals surface area (Å²) in [5.41, 5.74) is 1.86. The predicted octanol–water partition coefficient (Wildman–Crippen LogP) is 9.66. The SMILES string of the molecule is CC1(C)CN(c2ccccc2NC(=O)Nc2ccc(OC(F)(F)F)cc2)c2c(O)ccc(-c3nc4cc(C(F)(F)F)ccc4s3)c21. The largest absolute Gasteiger partial charge is 0.573 e. The number of hydrogen-bond donors (Lipinski definition) is 3. The minimum Gasteiger partial charge on any atom is -0.506 e. The number of hydrogen-bond acceptors (Lipinski definition) is 6. The van der Waals surface area contributed by atoms with Crippen molar-refractivity contribution in [3.8, 4) is 22.1 Å². The summed E-state index contributed by atoms with van der Waals surface area (Å²) in [5, 5.41) is 17.0. The Hall–Kier alpha value is -4.98. The monoisotopic (exact) mass is 658 g/mol. The standard InChI is InChI=1S/C32H24F6N4O3S/c1-30(2)16-42(23-6-4-3-5-21(23)41-29(44)39-18-8-10-19(11-9-18)45-32(36,37)38)27-24(43)13-12-20(26(27)30)28-40-22-15-17(31(33,34)35)7-14-25(22)46-28/h3-15,43H,16H2,1-2H3,(H2,39,41,44). The molecule has 46 heavy (non-hydrogen) atoms. The quantitative estimate of drug-likeness (QED) is 0.164. The van der Waals surface area contributed by atoms with Crippen LogP contribution < -0.4 is 20.3 Å². The number of phenolic OH excluding ortho intramolecular Hbond substituents is 1. The van der Waals surface area contributed by atoms with E-state index in [9.17, 15) is 36.2 Å². The number of alkyl halides is 6. The molecule has 0 fully saturated rings. The maximum Gasteiger partial charge on any atom is 0.573 e. The Balaban J connectivity index is 1.31. The summed E-state index contributed by atoms with van der Waals surface area (Å²) in [6.07, 6.45) is -9.35. The molecule has 1 aliphatic rings. The van der Waals surface area contributed by atoms with Crippen LogP contribution in [0, 0.1) is 0 Å². The van der Waals surface area contributed by atoms with Crippen molar-refractivity contribution in [1.29, 1.82) is 0 Å². The Kier molecular flexibility index (Phi) is 7.50. The van der Waals surface area contributed by atoms with Crippen LogP contribution in [0.1, 0.15) is 25.0 Å². The Morgan fingerprint density at radius 1 is 0.957 bits per heavy atom. The summed E-state index contributed by atoms with van der Waals surface area (Å²) >= 11 is 1.25. The number of aromatic nitrogens is 1. The normalized spacial score (nSPS) is 14.3. The van der Waals surface area contributed by atoms with E-state index in [0.717, 1.165) is 29.8 Å². The first-order chi connectivity index (χ1) is 21.6. The van der Waals surface area contributed by atoms with Gasteiger partial charge in [0.05, 0.1) is 32.8 Å². The van der Waals surface area contributed by atoms with Gasteiger partial charge in [-0.3, -0.25) is 0 Å². The number of thiazole rings is 1. The number of rotatable bonds is 5. The van der Waals surface area contributed by atoms with Gasteiger partial charge in [-0.2, -0.15) is 13.2 Å². The lowest BCUT2D eigenvalue weighted by molar-refractivity contribution is -0.274. The van der Waals surface area contributed by atoms with Gasteiger partial charge in [0.15, 0.2) is 0 Å². The number of nitrogens with zero attached hydrogens (tertiary/aromatic N) is 2. The van der Waals surface area contributed by atoms with Gasteiger partial charge in [0.1, 0.15) is 16.5 Å². The minimum atomic E-state index is -4.84. The summed E-state index contributed by atoms with van der Waals surface area (Å²) in [6.45, 7) is 4.31. The lowest BCUT2D eigenvalue weighted by Crippen LogP contribution is -2.27. The highest BCUT2D eigenvalue weighted by atomic mass is 32.1. The Bertz CT molecular complexity index is 1950. The van der Waals surface area contributed by atoms with E-state index in [0.29, 0.717) is 38.9 Å². The zero-order valence-corrected chi connectivity index (χ0v) is 24.9. The highest BCUT2D eigenvalue weighted by Gasteiger charge is 2.41. The van der Waals surface area contributed by atoms with Crippen molar-refractivity contribution in [1.82, 2.24) is 4.98 Å². The molecule has 7 nitrogen and oxygen atoms in total. The average Bonchev–Trinajstić information content (AvgIpc) is 3.52. The molecule has 0 saturated carbocycles. The van der Waals surface area contributed by atoms with Gasteiger partial charge in [0.2, 0.25) is 0 Å². The second kappa shape index (κ2) is 11.1. The number of halogens is 6. The molecule has 0 saturated heterocycles. The first kappa shape index (κ1) is 31.0. The fraction of sp³-hybridized carbons (Fsp3) is 0.188. The molecule has 1 aromatic heterocycles. The summed E-state index contributed by atoms with van der Waals surface area (Å²) in [7, 11) is 0. The van der Waals surface area contributed by atoms with Crippen LogP contribution in [0.15, 0.2) is 78.9 Å². The first-order valence-corrected chi connectivity index (χ1v) is 14.6. The van der Waals surface area contributed by atoms with Crippen LogP contribution in [0.5, 0.6) is 11.5 Å². The Morgan fingerprint density at radius 3 is 2.37 bits per heavy atom. The molecule has 2 amide bonds. The molecule has 0 atom stereocenters. The van der Waals surface area contributed by atoms with Crippen LogP contribution in [0.3, 0.4) is 0 Å². The van der Waals surface area contributed by atoms with E-state index in [-0.39, 0.29) is 17.0 Å². The predicted molar refractivity (Wildman–Crippen MR) is 164 cm³/mol. The van der Waals surface area contributed by atoms with Crippen molar-refractivity contribution in [2.75, 3.05) is 22.1 Å². The number of para-hydroxylation sites is 2. The lowest BCUT2D eigenvalue weighted by Gasteiger charge is -2.25. The average molecular weight is 659 g/mol. The molecular formula is C32H24F6N4O3S. The highest BCUT2D eigenvalue weighted by Crippen LogP contribution is 2.54. The van der Waals surface area contributed by atoms with Crippen LogP contribution in [-0.2, 0) is 11.6 Å². The van der Waals surface area contributed by atoms with Gasteiger partial charge in [-0.15, -0.1) is 24.5 Å². The van der Waals surface area contributed by atoms with Gasteiger partial charge >= 0.3 is 18.6 Å². The molecule has 5 aromatic rings. The number of amides is 2. The van der Waals surface area contributed by atoms with Crippen molar-refractivity contribution in [3.63, 3.8) is 0 Å².